The molecule has 0 saturated heterocycles. The van der Waals surface area contributed by atoms with E-state index in [0.29, 0.717) is 10.0 Å². The van der Waals surface area contributed by atoms with Crippen LogP contribution in [0.5, 0.6) is 0 Å². The van der Waals surface area contributed by atoms with E-state index in [-0.39, 0.29) is 0 Å². The van der Waals surface area contributed by atoms with Gasteiger partial charge < -0.3 is 0 Å². The first kappa shape index (κ1) is 11.2. The van der Waals surface area contributed by atoms with E-state index in [1.54, 1.807) is 6.07 Å². The van der Waals surface area contributed by atoms with Crippen LogP contribution < -0.4 is 0 Å². The van der Waals surface area contributed by atoms with Gasteiger partial charge in [0.1, 0.15) is 3.70 Å². The van der Waals surface area contributed by atoms with Crippen LogP contribution in [0.2, 0.25) is 10.0 Å². The molecule has 0 bridgehead atoms. The summed E-state index contributed by atoms with van der Waals surface area (Å²) >= 11 is 14.2. The Morgan fingerprint density at radius 3 is 2.47 bits per heavy atom. The van der Waals surface area contributed by atoms with Crippen molar-refractivity contribution in [1.82, 2.24) is 4.98 Å². The minimum Gasteiger partial charge on any atom is -0.242 e. The molecule has 2 rings (SSSR count). The van der Waals surface area contributed by atoms with Crippen LogP contribution in [0.4, 0.5) is 0 Å². The minimum atomic E-state index is 0.550. The third-order valence-corrected chi connectivity index (χ3v) is 3.36. The lowest BCUT2D eigenvalue weighted by molar-refractivity contribution is 1.27. The van der Waals surface area contributed by atoms with E-state index in [2.05, 4.69) is 27.6 Å². The van der Waals surface area contributed by atoms with Crippen molar-refractivity contribution in [2.45, 2.75) is 0 Å². The minimum absolute atomic E-state index is 0.550. The summed E-state index contributed by atoms with van der Waals surface area (Å²) in [5, 5.41) is 1.10. The molecule has 4 heteroatoms. The van der Waals surface area contributed by atoms with Gasteiger partial charge in [0.2, 0.25) is 0 Å². The number of hydrogen-bond acceptors (Lipinski definition) is 1. The van der Waals surface area contributed by atoms with Crippen LogP contribution in [0.25, 0.3) is 11.3 Å². The third kappa shape index (κ3) is 2.44. The molecule has 0 unspecified atom stereocenters. The van der Waals surface area contributed by atoms with Crippen LogP contribution in [0.1, 0.15) is 0 Å². The van der Waals surface area contributed by atoms with Gasteiger partial charge in [-0.25, -0.2) is 4.98 Å². The Balaban J connectivity index is 2.59. The highest BCUT2D eigenvalue weighted by atomic mass is 127. The second-order valence-electron chi connectivity index (χ2n) is 2.95. The van der Waals surface area contributed by atoms with Crippen LogP contribution in [-0.2, 0) is 0 Å². The van der Waals surface area contributed by atoms with Gasteiger partial charge in [-0.2, -0.15) is 0 Å². The lowest BCUT2D eigenvalue weighted by Gasteiger charge is -2.05. The van der Waals surface area contributed by atoms with E-state index in [1.165, 1.54) is 0 Å². The Hall–Kier alpha value is -0.320. The summed E-state index contributed by atoms with van der Waals surface area (Å²) in [6, 6.07) is 11.3. The molecule has 2 aromatic rings. The first-order valence-electron chi connectivity index (χ1n) is 4.25. The van der Waals surface area contributed by atoms with Crippen molar-refractivity contribution in [2.24, 2.45) is 0 Å². The van der Waals surface area contributed by atoms with Crippen molar-refractivity contribution in [1.29, 1.82) is 0 Å². The number of aromatic nitrogens is 1. The van der Waals surface area contributed by atoms with Crippen LogP contribution in [-0.4, -0.2) is 4.98 Å². The van der Waals surface area contributed by atoms with Crippen LogP contribution in [0.15, 0.2) is 36.4 Å². The van der Waals surface area contributed by atoms with Crippen molar-refractivity contribution >= 4 is 45.8 Å². The molecule has 0 aliphatic rings. The summed E-state index contributed by atoms with van der Waals surface area (Å²) in [5.74, 6) is 0. The van der Waals surface area contributed by atoms with Gasteiger partial charge in [-0.15, -0.1) is 0 Å². The third-order valence-electron chi connectivity index (χ3n) is 1.94. The number of nitrogens with zero attached hydrogens (tertiary/aromatic N) is 1. The molecular weight excluding hydrogens is 344 g/mol. The van der Waals surface area contributed by atoms with Crippen LogP contribution in [0.3, 0.4) is 0 Å². The maximum atomic E-state index is 6.11. The maximum absolute atomic E-state index is 6.11. The van der Waals surface area contributed by atoms with Gasteiger partial charge in [0.05, 0.1) is 15.7 Å². The molecule has 1 nitrogen and oxygen atoms in total. The Kier molecular flexibility index (Phi) is 3.49. The Morgan fingerprint density at radius 1 is 1.00 bits per heavy atom. The summed E-state index contributed by atoms with van der Waals surface area (Å²) in [6.45, 7) is 0. The predicted octanol–water partition coefficient (Wildman–Crippen LogP) is 4.66. The average Bonchev–Trinajstić information content (AvgIpc) is 2.22. The van der Waals surface area contributed by atoms with E-state index in [4.69, 9.17) is 23.2 Å². The number of halogens is 3. The van der Waals surface area contributed by atoms with Gasteiger partial charge in [-0.3, -0.25) is 0 Å². The van der Waals surface area contributed by atoms with Gasteiger partial charge in [0.15, 0.2) is 0 Å². The fourth-order valence-electron chi connectivity index (χ4n) is 1.26. The van der Waals surface area contributed by atoms with E-state index >= 15 is 0 Å². The summed E-state index contributed by atoms with van der Waals surface area (Å²) in [4.78, 5) is 4.39. The molecule has 1 aromatic carbocycles. The second kappa shape index (κ2) is 4.68. The quantitative estimate of drug-likeness (QED) is 0.539. The topological polar surface area (TPSA) is 12.9 Å². The Bertz CT molecular complexity index is 500. The zero-order valence-corrected chi connectivity index (χ0v) is 11.2. The number of benzene rings is 1. The lowest BCUT2D eigenvalue weighted by Crippen LogP contribution is -1.87. The van der Waals surface area contributed by atoms with Crippen LogP contribution >= 0.6 is 45.8 Å². The number of rotatable bonds is 1. The van der Waals surface area contributed by atoms with E-state index in [1.807, 2.05) is 30.3 Å². The molecule has 76 valence electrons. The Morgan fingerprint density at radius 2 is 1.73 bits per heavy atom. The molecule has 0 spiro atoms. The molecule has 0 fully saturated rings. The van der Waals surface area contributed by atoms with E-state index in [9.17, 15) is 0 Å². The molecule has 0 atom stereocenters. The zero-order valence-electron chi connectivity index (χ0n) is 7.55. The summed E-state index contributed by atoms with van der Waals surface area (Å²) in [6.07, 6.45) is 0. The fraction of sp³-hybridized carbons (Fsp3) is 0. The maximum Gasteiger partial charge on any atom is 0.102 e. The monoisotopic (exact) mass is 349 g/mol. The molecule has 1 aromatic heterocycles. The Labute approximate surface area is 112 Å². The summed E-state index contributed by atoms with van der Waals surface area (Å²) in [7, 11) is 0. The SMILES string of the molecule is Clc1cccc(-c2cccc(I)n2)c1Cl. The first-order valence-corrected chi connectivity index (χ1v) is 6.09. The standard InChI is InChI=1S/C11H6Cl2IN/c12-8-4-1-3-7(11(8)13)9-5-2-6-10(14)15-9/h1-6H. The first-order chi connectivity index (χ1) is 7.18. The van der Waals surface area contributed by atoms with Gasteiger partial charge in [0, 0.05) is 5.56 Å². The van der Waals surface area contributed by atoms with Gasteiger partial charge in [0.25, 0.3) is 0 Å². The van der Waals surface area contributed by atoms with Crippen molar-refractivity contribution in [3.8, 4) is 11.3 Å². The molecule has 0 radical (unpaired) electrons. The smallest absolute Gasteiger partial charge is 0.102 e. The van der Waals surface area contributed by atoms with E-state index in [0.717, 1.165) is 15.0 Å². The van der Waals surface area contributed by atoms with E-state index < -0.39 is 0 Å². The van der Waals surface area contributed by atoms with Crippen molar-refractivity contribution in [3.05, 3.63) is 50.1 Å². The predicted molar refractivity (Wildman–Crippen MR) is 72.4 cm³/mol. The molecule has 0 N–H and O–H groups in total. The van der Waals surface area contributed by atoms with Gasteiger partial charge in [-0.1, -0.05) is 41.4 Å². The molecule has 0 saturated carbocycles. The zero-order chi connectivity index (χ0) is 10.8. The summed E-state index contributed by atoms with van der Waals surface area (Å²) < 4.78 is 0.932. The normalized spacial score (nSPS) is 10.3. The highest BCUT2D eigenvalue weighted by Crippen LogP contribution is 2.32. The van der Waals surface area contributed by atoms with Crippen molar-refractivity contribution in [2.75, 3.05) is 0 Å². The fourth-order valence-corrected chi connectivity index (χ4v) is 2.12. The summed E-state index contributed by atoms with van der Waals surface area (Å²) in [5.41, 5.74) is 1.71. The van der Waals surface area contributed by atoms with Gasteiger partial charge in [-0.05, 0) is 40.8 Å². The highest BCUT2D eigenvalue weighted by molar-refractivity contribution is 14.1. The lowest BCUT2D eigenvalue weighted by atomic mass is 10.1. The van der Waals surface area contributed by atoms with Crippen molar-refractivity contribution < 1.29 is 0 Å². The molecule has 0 amide bonds. The molecule has 0 aliphatic heterocycles. The average molecular weight is 350 g/mol. The molecule has 15 heavy (non-hydrogen) atoms. The number of pyridine rings is 1. The van der Waals surface area contributed by atoms with Gasteiger partial charge >= 0.3 is 0 Å². The van der Waals surface area contributed by atoms with Crippen LogP contribution in [0, 0.1) is 3.70 Å². The highest BCUT2D eigenvalue weighted by Gasteiger charge is 2.07. The van der Waals surface area contributed by atoms with Crippen molar-refractivity contribution in [3.63, 3.8) is 0 Å². The molecule has 0 aliphatic carbocycles. The largest absolute Gasteiger partial charge is 0.242 e. The molecular formula is C11H6Cl2IN. The molecule has 1 heterocycles. The second-order valence-corrected chi connectivity index (χ2v) is 4.84. The number of hydrogen-bond donors (Lipinski definition) is 0.